The number of alkyl halides is 2. The van der Waals surface area contributed by atoms with Crippen LogP contribution in [0.2, 0.25) is 0 Å². The first-order valence-electron chi connectivity index (χ1n) is 4.21. The lowest BCUT2D eigenvalue weighted by atomic mass is 9.86. The zero-order chi connectivity index (χ0) is 9.69. The van der Waals surface area contributed by atoms with Gasteiger partial charge in [-0.15, -0.1) is 0 Å². The van der Waals surface area contributed by atoms with Gasteiger partial charge in [0.05, 0.1) is 0 Å². The van der Waals surface area contributed by atoms with Crippen molar-refractivity contribution in [2.24, 2.45) is 5.41 Å². The predicted molar refractivity (Wildman–Crippen MR) is 44.8 cm³/mol. The van der Waals surface area contributed by atoms with Crippen molar-refractivity contribution in [2.75, 3.05) is 0 Å². The quantitative estimate of drug-likeness (QED) is 0.603. The number of aldehydes is 1. The Balaban J connectivity index is 2.22. The average Bonchev–Trinajstić information content (AvgIpc) is 2.59. The Morgan fingerprint density at radius 2 is 2.08 bits per heavy atom. The van der Waals surface area contributed by atoms with Crippen LogP contribution in [0.3, 0.4) is 0 Å². The van der Waals surface area contributed by atoms with E-state index >= 15 is 0 Å². The molecule has 0 amide bonds. The fourth-order valence-electron chi connectivity index (χ4n) is 2.01. The third-order valence-electron chi connectivity index (χ3n) is 3.05. The van der Waals surface area contributed by atoms with Crippen molar-refractivity contribution in [3.63, 3.8) is 0 Å². The zero-order valence-electron chi connectivity index (χ0n) is 6.95. The SMILES string of the molecule is O=CC1=C(Cl)CCC2(C1)CC2(F)F. The number of hydrogen-bond acceptors (Lipinski definition) is 1. The maximum atomic E-state index is 12.9. The van der Waals surface area contributed by atoms with E-state index in [9.17, 15) is 13.6 Å². The lowest BCUT2D eigenvalue weighted by Gasteiger charge is -2.21. The molecule has 0 bridgehead atoms. The van der Waals surface area contributed by atoms with Gasteiger partial charge in [-0.25, -0.2) is 8.78 Å². The minimum absolute atomic E-state index is 0.0818. The Morgan fingerprint density at radius 3 is 2.54 bits per heavy atom. The van der Waals surface area contributed by atoms with Gasteiger partial charge in [-0.3, -0.25) is 4.79 Å². The summed E-state index contributed by atoms with van der Waals surface area (Å²) >= 11 is 5.73. The van der Waals surface area contributed by atoms with Crippen molar-refractivity contribution in [1.82, 2.24) is 0 Å². The van der Waals surface area contributed by atoms with Gasteiger partial charge in [0.15, 0.2) is 0 Å². The molecule has 0 aliphatic heterocycles. The van der Waals surface area contributed by atoms with Crippen LogP contribution in [-0.4, -0.2) is 12.2 Å². The zero-order valence-corrected chi connectivity index (χ0v) is 7.70. The fourth-order valence-corrected chi connectivity index (χ4v) is 2.21. The standard InChI is InChI=1S/C9H9ClF2O/c10-7-1-2-8(3-6(7)4-13)5-9(8,11)12/h4H,1-3,5H2. The number of hydrogen-bond donors (Lipinski definition) is 0. The lowest BCUT2D eigenvalue weighted by molar-refractivity contribution is -0.105. The van der Waals surface area contributed by atoms with E-state index in [2.05, 4.69) is 0 Å². The van der Waals surface area contributed by atoms with E-state index in [4.69, 9.17) is 11.6 Å². The maximum Gasteiger partial charge on any atom is 0.254 e. The molecule has 4 heteroatoms. The molecule has 1 unspecified atom stereocenters. The Labute approximate surface area is 79.8 Å². The van der Waals surface area contributed by atoms with Gasteiger partial charge < -0.3 is 0 Å². The first-order chi connectivity index (χ1) is 6.01. The van der Waals surface area contributed by atoms with Crippen LogP contribution in [0.15, 0.2) is 10.6 Å². The highest BCUT2D eigenvalue weighted by molar-refractivity contribution is 6.31. The monoisotopic (exact) mass is 206 g/mol. The van der Waals surface area contributed by atoms with Crippen LogP contribution in [0.5, 0.6) is 0 Å². The molecule has 2 aliphatic carbocycles. The molecule has 1 atom stereocenters. The molecular formula is C9H9ClF2O. The summed E-state index contributed by atoms with van der Waals surface area (Å²) in [5, 5.41) is 0.461. The van der Waals surface area contributed by atoms with Gasteiger partial charge in [-0.1, -0.05) is 11.6 Å². The smallest absolute Gasteiger partial charge is 0.254 e. The molecule has 1 spiro atoms. The average molecular weight is 207 g/mol. The number of rotatable bonds is 1. The van der Waals surface area contributed by atoms with Gasteiger partial charge in [0.25, 0.3) is 5.92 Å². The van der Waals surface area contributed by atoms with Crippen LogP contribution >= 0.6 is 11.6 Å². The topological polar surface area (TPSA) is 17.1 Å². The van der Waals surface area contributed by atoms with Gasteiger partial charge in [0.2, 0.25) is 0 Å². The van der Waals surface area contributed by atoms with Crippen molar-refractivity contribution in [2.45, 2.75) is 31.6 Å². The van der Waals surface area contributed by atoms with Gasteiger partial charge in [-0.05, 0) is 19.3 Å². The molecule has 0 heterocycles. The number of carbonyl (C=O) groups is 1. The van der Waals surface area contributed by atoms with Gasteiger partial charge in [-0.2, -0.15) is 0 Å². The van der Waals surface area contributed by atoms with Gasteiger partial charge >= 0.3 is 0 Å². The van der Waals surface area contributed by atoms with E-state index in [1.54, 1.807) is 0 Å². The molecule has 0 N–H and O–H groups in total. The summed E-state index contributed by atoms with van der Waals surface area (Å²) in [4.78, 5) is 10.5. The minimum Gasteiger partial charge on any atom is -0.298 e. The molecule has 2 rings (SSSR count). The van der Waals surface area contributed by atoms with Gasteiger partial charge in [0, 0.05) is 22.4 Å². The third-order valence-corrected chi connectivity index (χ3v) is 3.49. The maximum absolute atomic E-state index is 12.9. The Morgan fingerprint density at radius 1 is 1.46 bits per heavy atom. The van der Waals surface area contributed by atoms with Crippen LogP contribution in [0.4, 0.5) is 8.78 Å². The summed E-state index contributed by atoms with van der Waals surface area (Å²) in [6.45, 7) is 0. The summed E-state index contributed by atoms with van der Waals surface area (Å²) in [7, 11) is 0. The van der Waals surface area contributed by atoms with Crippen molar-refractivity contribution in [3.8, 4) is 0 Å². The molecule has 2 aliphatic rings. The molecule has 72 valence electrons. The summed E-state index contributed by atoms with van der Waals surface area (Å²) in [6, 6.07) is 0. The van der Waals surface area contributed by atoms with E-state index in [1.165, 1.54) is 0 Å². The lowest BCUT2D eigenvalue weighted by Crippen LogP contribution is -2.17. The summed E-state index contributed by atoms with van der Waals surface area (Å²) in [5.41, 5.74) is -0.563. The summed E-state index contributed by atoms with van der Waals surface area (Å²) in [6.07, 6.45) is 1.52. The Hall–Kier alpha value is -0.440. The van der Waals surface area contributed by atoms with E-state index in [0.717, 1.165) is 0 Å². The molecule has 1 fully saturated rings. The molecule has 0 radical (unpaired) electrons. The largest absolute Gasteiger partial charge is 0.298 e. The number of carbonyl (C=O) groups excluding carboxylic acids is 1. The van der Waals surface area contributed by atoms with Crippen LogP contribution in [0.25, 0.3) is 0 Å². The molecule has 0 aromatic rings. The normalized spacial score (nSPS) is 36.5. The molecule has 0 aromatic carbocycles. The Bertz CT molecular complexity index is 298. The van der Waals surface area contributed by atoms with Crippen LogP contribution in [0.1, 0.15) is 25.7 Å². The third kappa shape index (κ3) is 1.21. The highest BCUT2D eigenvalue weighted by atomic mass is 35.5. The van der Waals surface area contributed by atoms with E-state index in [1.807, 2.05) is 0 Å². The summed E-state index contributed by atoms with van der Waals surface area (Å²) in [5.74, 6) is -2.57. The van der Waals surface area contributed by atoms with Crippen molar-refractivity contribution in [3.05, 3.63) is 10.6 Å². The second-order valence-electron chi connectivity index (χ2n) is 3.89. The van der Waals surface area contributed by atoms with Gasteiger partial charge in [0.1, 0.15) is 6.29 Å². The highest BCUT2D eigenvalue weighted by Gasteiger charge is 2.70. The summed E-state index contributed by atoms with van der Waals surface area (Å²) < 4.78 is 25.9. The van der Waals surface area contributed by atoms with E-state index in [0.29, 0.717) is 29.7 Å². The molecule has 1 saturated carbocycles. The van der Waals surface area contributed by atoms with E-state index < -0.39 is 11.3 Å². The molecule has 13 heavy (non-hydrogen) atoms. The second-order valence-corrected chi connectivity index (χ2v) is 4.34. The highest BCUT2D eigenvalue weighted by Crippen LogP contribution is 2.68. The fraction of sp³-hybridized carbons (Fsp3) is 0.667. The first kappa shape index (κ1) is 9.13. The molecule has 0 saturated heterocycles. The minimum atomic E-state index is -2.57. The van der Waals surface area contributed by atoms with Crippen molar-refractivity contribution in [1.29, 1.82) is 0 Å². The van der Waals surface area contributed by atoms with Crippen molar-refractivity contribution < 1.29 is 13.6 Å². The predicted octanol–water partition coefficient (Wildman–Crippen LogP) is 2.89. The van der Waals surface area contributed by atoms with Crippen LogP contribution < -0.4 is 0 Å². The van der Waals surface area contributed by atoms with Crippen molar-refractivity contribution >= 4 is 17.9 Å². The van der Waals surface area contributed by atoms with Crippen LogP contribution in [0, 0.1) is 5.41 Å². The van der Waals surface area contributed by atoms with Crippen LogP contribution in [-0.2, 0) is 4.79 Å². The Kier molecular flexibility index (Phi) is 1.78. The van der Waals surface area contributed by atoms with E-state index in [-0.39, 0.29) is 12.8 Å². The number of halogens is 3. The molecular weight excluding hydrogens is 198 g/mol. The number of allylic oxidation sites excluding steroid dienone is 2. The first-order valence-corrected chi connectivity index (χ1v) is 4.59. The second kappa shape index (κ2) is 2.53. The molecule has 1 nitrogen and oxygen atoms in total. The molecule has 0 aromatic heterocycles.